The molecule has 3 fully saturated rings. The molecule has 1 N–H and O–H groups in total. The number of carbonyl (C=O) groups is 1. The van der Waals surface area contributed by atoms with Gasteiger partial charge in [-0.3, -0.25) is 4.79 Å². The lowest BCUT2D eigenvalue weighted by atomic mass is 9.55. The first-order valence-corrected chi connectivity index (χ1v) is 11.3. The first kappa shape index (κ1) is 20.4. The number of aliphatic hydroxyl groups is 1. The van der Waals surface area contributed by atoms with Crippen molar-refractivity contribution in [3.05, 3.63) is 52.8 Å². The molecule has 5 rings (SSSR count). The lowest BCUT2D eigenvalue weighted by molar-refractivity contribution is -0.119. The number of allylic oxidation sites excluding steroid dienone is 2. The van der Waals surface area contributed by atoms with E-state index < -0.39 is 11.0 Å². The van der Waals surface area contributed by atoms with Crippen molar-refractivity contribution < 1.29 is 14.6 Å². The monoisotopic (exact) mass is 417 g/mol. The molecule has 1 aromatic rings. The quantitative estimate of drug-likeness (QED) is 0.727. The van der Waals surface area contributed by atoms with Gasteiger partial charge in [0, 0.05) is 49.9 Å². The molecule has 1 heterocycles. The number of fused-ring (bicyclic) bond motifs is 4. The minimum absolute atomic E-state index is 0.0911. The summed E-state index contributed by atoms with van der Waals surface area (Å²) >= 11 is 0. The van der Waals surface area contributed by atoms with Crippen LogP contribution in [-0.4, -0.2) is 36.7 Å². The molecule has 162 valence electrons. The summed E-state index contributed by atoms with van der Waals surface area (Å²) in [6, 6.07) is 8.70. The van der Waals surface area contributed by atoms with Gasteiger partial charge in [0.2, 0.25) is 0 Å². The van der Waals surface area contributed by atoms with Gasteiger partial charge in [-0.25, -0.2) is 0 Å². The number of rotatable bonds is 2. The third kappa shape index (κ3) is 2.90. The number of hydrogen-bond donors (Lipinski definition) is 1. The number of anilines is 1. The van der Waals surface area contributed by atoms with Crippen LogP contribution in [0.3, 0.4) is 0 Å². The maximum Gasteiger partial charge on any atom is 0.137 e. The highest BCUT2D eigenvalue weighted by Crippen LogP contribution is 2.64. The SMILES string of the molecule is C#C[C@]1(O)CC[C@H]2[C@@H]3OC=C4CC(=O)CCC4=C3C(c3ccc(N(C)C)cc3)C[C@@]21C. The van der Waals surface area contributed by atoms with Gasteiger partial charge >= 0.3 is 0 Å². The van der Waals surface area contributed by atoms with Crippen LogP contribution in [0.2, 0.25) is 0 Å². The molecule has 4 nitrogen and oxygen atoms in total. The Morgan fingerprint density at radius 1 is 1.23 bits per heavy atom. The topological polar surface area (TPSA) is 49.8 Å². The molecule has 4 heteroatoms. The Labute approximate surface area is 185 Å². The predicted molar refractivity (Wildman–Crippen MR) is 122 cm³/mol. The van der Waals surface area contributed by atoms with Crippen molar-refractivity contribution in [1.29, 1.82) is 0 Å². The van der Waals surface area contributed by atoms with Crippen molar-refractivity contribution in [2.45, 2.75) is 63.1 Å². The second kappa shape index (κ2) is 7.00. The molecule has 3 aliphatic carbocycles. The largest absolute Gasteiger partial charge is 0.493 e. The normalized spacial score (nSPS) is 36.5. The van der Waals surface area contributed by atoms with Gasteiger partial charge in [-0.15, -0.1) is 6.42 Å². The molecule has 0 bridgehead atoms. The van der Waals surface area contributed by atoms with E-state index in [0.29, 0.717) is 19.3 Å². The fourth-order valence-electron chi connectivity index (χ4n) is 6.55. The lowest BCUT2D eigenvalue weighted by Gasteiger charge is -2.52. The Kier molecular flexibility index (Phi) is 4.61. The van der Waals surface area contributed by atoms with Crippen molar-refractivity contribution in [3.8, 4) is 12.3 Å². The van der Waals surface area contributed by atoms with E-state index in [9.17, 15) is 9.90 Å². The molecule has 1 aromatic carbocycles. The Morgan fingerprint density at radius 2 is 1.97 bits per heavy atom. The van der Waals surface area contributed by atoms with Gasteiger partial charge in [-0.2, -0.15) is 0 Å². The van der Waals surface area contributed by atoms with Crippen LogP contribution in [0.25, 0.3) is 0 Å². The summed E-state index contributed by atoms with van der Waals surface area (Å²) in [5.74, 6) is 3.32. The predicted octanol–water partition coefficient (Wildman–Crippen LogP) is 4.35. The summed E-state index contributed by atoms with van der Waals surface area (Å²) in [7, 11) is 4.08. The number of nitrogens with zero attached hydrogens (tertiary/aromatic N) is 1. The summed E-state index contributed by atoms with van der Waals surface area (Å²) in [6.07, 6.45) is 11.7. The van der Waals surface area contributed by atoms with Crippen molar-refractivity contribution >= 4 is 11.5 Å². The number of ether oxygens (including phenoxy) is 1. The Bertz CT molecular complexity index is 1030. The maximum atomic E-state index is 12.1. The summed E-state index contributed by atoms with van der Waals surface area (Å²) < 4.78 is 6.37. The molecule has 0 aromatic heterocycles. The first-order chi connectivity index (χ1) is 14.8. The minimum Gasteiger partial charge on any atom is -0.493 e. The molecule has 0 spiro atoms. The van der Waals surface area contributed by atoms with E-state index >= 15 is 0 Å². The van der Waals surface area contributed by atoms with Crippen LogP contribution in [0.4, 0.5) is 5.69 Å². The fraction of sp³-hybridized carbons (Fsp3) is 0.519. The maximum absolute atomic E-state index is 12.1. The van der Waals surface area contributed by atoms with Crippen LogP contribution in [0, 0.1) is 23.7 Å². The highest BCUT2D eigenvalue weighted by molar-refractivity contribution is 5.84. The summed E-state index contributed by atoms with van der Waals surface area (Å²) in [6.45, 7) is 2.15. The van der Waals surface area contributed by atoms with Crippen LogP contribution in [-0.2, 0) is 9.53 Å². The zero-order valence-corrected chi connectivity index (χ0v) is 18.6. The first-order valence-electron chi connectivity index (χ1n) is 11.3. The van der Waals surface area contributed by atoms with Gasteiger partial charge in [-0.05, 0) is 60.1 Å². The van der Waals surface area contributed by atoms with Crippen LogP contribution in [0.5, 0.6) is 0 Å². The number of ketones is 1. The average Bonchev–Trinajstić information content (AvgIpc) is 3.04. The van der Waals surface area contributed by atoms with Gasteiger partial charge in [0.15, 0.2) is 0 Å². The molecule has 0 amide bonds. The van der Waals surface area contributed by atoms with Crippen molar-refractivity contribution in [1.82, 2.24) is 0 Å². The van der Waals surface area contributed by atoms with Crippen LogP contribution in [0.1, 0.15) is 56.9 Å². The standard InChI is InChI=1S/C27H31NO3/c1-5-27(30)13-12-23-25-24(21-11-10-20(29)14-18(21)16-31-25)22(15-26(23,27)2)17-6-8-19(9-7-17)28(3)4/h1,6-9,16,22-23,25,30H,10-15H2,2-4H3/t22?,23-,25-,26-,27-/m0/s1. The van der Waals surface area contributed by atoms with E-state index in [1.54, 1.807) is 0 Å². The molecule has 0 radical (unpaired) electrons. The van der Waals surface area contributed by atoms with E-state index in [1.165, 1.54) is 16.7 Å². The highest BCUT2D eigenvalue weighted by atomic mass is 16.5. The van der Waals surface area contributed by atoms with Gasteiger partial charge in [0.05, 0.1) is 6.26 Å². The number of carbonyl (C=O) groups excluding carboxylic acids is 1. The van der Waals surface area contributed by atoms with Crippen molar-refractivity contribution in [2.75, 3.05) is 19.0 Å². The number of Topliss-reactive ketones (excluding diaryl/α,β-unsaturated/α-hetero) is 1. The van der Waals surface area contributed by atoms with Gasteiger partial charge in [-0.1, -0.05) is 25.0 Å². The Balaban J connectivity index is 1.65. The molecule has 1 unspecified atom stereocenters. The highest BCUT2D eigenvalue weighted by Gasteiger charge is 2.63. The zero-order chi connectivity index (χ0) is 22.0. The van der Waals surface area contributed by atoms with E-state index in [4.69, 9.17) is 11.2 Å². The number of hydrogen-bond acceptors (Lipinski definition) is 4. The Morgan fingerprint density at radius 3 is 2.65 bits per heavy atom. The molecule has 31 heavy (non-hydrogen) atoms. The van der Waals surface area contributed by atoms with E-state index in [1.807, 2.05) is 20.4 Å². The molecule has 4 aliphatic rings. The fourth-order valence-corrected chi connectivity index (χ4v) is 6.55. The molecular weight excluding hydrogens is 386 g/mol. The third-order valence-corrected chi connectivity index (χ3v) is 8.44. The second-order valence-corrected chi connectivity index (χ2v) is 10.2. The molecule has 0 saturated heterocycles. The van der Waals surface area contributed by atoms with Gasteiger partial charge in [0.25, 0.3) is 0 Å². The lowest BCUT2D eigenvalue weighted by Crippen LogP contribution is -2.53. The van der Waals surface area contributed by atoms with Gasteiger partial charge < -0.3 is 14.7 Å². The van der Waals surface area contributed by atoms with E-state index in [0.717, 1.165) is 30.5 Å². The molecule has 5 atom stereocenters. The van der Waals surface area contributed by atoms with Crippen molar-refractivity contribution in [2.24, 2.45) is 11.3 Å². The Hall–Kier alpha value is -2.51. The second-order valence-electron chi connectivity index (χ2n) is 10.2. The third-order valence-electron chi connectivity index (χ3n) is 8.44. The summed E-state index contributed by atoms with van der Waals surface area (Å²) in [5.41, 5.74) is 4.53. The van der Waals surface area contributed by atoms with E-state index in [-0.39, 0.29) is 23.7 Å². The zero-order valence-electron chi connectivity index (χ0n) is 18.6. The van der Waals surface area contributed by atoms with Crippen molar-refractivity contribution in [3.63, 3.8) is 0 Å². The van der Waals surface area contributed by atoms with E-state index in [2.05, 4.69) is 42.0 Å². The summed E-state index contributed by atoms with van der Waals surface area (Å²) in [4.78, 5) is 14.2. The number of benzene rings is 1. The molecular formula is C27H31NO3. The molecule has 1 aliphatic heterocycles. The van der Waals surface area contributed by atoms with Gasteiger partial charge in [0.1, 0.15) is 17.5 Å². The van der Waals surface area contributed by atoms with Crippen LogP contribution >= 0.6 is 0 Å². The van der Waals surface area contributed by atoms with Crippen LogP contribution in [0.15, 0.2) is 47.2 Å². The number of terminal acetylenes is 1. The molecule has 3 saturated carbocycles. The average molecular weight is 418 g/mol. The summed E-state index contributed by atoms with van der Waals surface area (Å²) in [5, 5.41) is 11.4. The van der Waals surface area contributed by atoms with Crippen LogP contribution < -0.4 is 4.90 Å². The smallest absolute Gasteiger partial charge is 0.137 e. The minimum atomic E-state index is -1.12.